The topological polar surface area (TPSA) is 74.6 Å². The van der Waals surface area contributed by atoms with Crippen molar-refractivity contribution >= 4 is 11.9 Å². The highest BCUT2D eigenvalue weighted by Crippen LogP contribution is 2.22. The summed E-state index contributed by atoms with van der Waals surface area (Å²) < 4.78 is 0. The van der Waals surface area contributed by atoms with Crippen molar-refractivity contribution in [2.75, 3.05) is 0 Å². The highest BCUT2D eigenvalue weighted by atomic mass is 16.4. The summed E-state index contributed by atoms with van der Waals surface area (Å²) in [5, 5.41) is 16.7. The summed E-state index contributed by atoms with van der Waals surface area (Å²) >= 11 is 0. The zero-order chi connectivity index (χ0) is 16.2. The number of carbonyl (C=O) groups is 2. The van der Waals surface area contributed by atoms with Crippen molar-refractivity contribution in [3.05, 3.63) is 12.2 Å². The molecule has 0 atom stereocenters. The van der Waals surface area contributed by atoms with E-state index in [0.717, 1.165) is 6.42 Å². The van der Waals surface area contributed by atoms with Gasteiger partial charge in [0.15, 0.2) is 0 Å². The average Bonchev–Trinajstić information content (AvgIpc) is 2.21. The van der Waals surface area contributed by atoms with Gasteiger partial charge in [0.1, 0.15) is 0 Å². The first-order valence-corrected chi connectivity index (χ1v) is 7.22. The molecule has 0 rings (SSSR count). The fourth-order valence-electron chi connectivity index (χ4n) is 1.52. The van der Waals surface area contributed by atoms with Crippen molar-refractivity contribution in [2.24, 2.45) is 11.3 Å². The van der Waals surface area contributed by atoms with Gasteiger partial charge in [-0.05, 0) is 17.8 Å². The van der Waals surface area contributed by atoms with Crippen molar-refractivity contribution < 1.29 is 19.8 Å². The van der Waals surface area contributed by atoms with Crippen LogP contribution in [0.1, 0.15) is 66.7 Å². The second-order valence-electron chi connectivity index (χ2n) is 6.10. The van der Waals surface area contributed by atoms with Crippen molar-refractivity contribution in [3.63, 3.8) is 0 Å². The van der Waals surface area contributed by atoms with Gasteiger partial charge in [0.25, 0.3) is 0 Å². The molecule has 4 nitrogen and oxygen atoms in total. The van der Waals surface area contributed by atoms with Gasteiger partial charge in [0.2, 0.25) is 0 Å². The Morgan fingerprint density at radius 3 is 2.00 bits per heavy atom. The first kappa shape index (κ1) is 21.0. The fraction of sp³-hybridized carbons (Fsp3) is 0.750. The normalized spacial score (nSPS) is 11.3. The number of rotatable bonds is 8. The lowest BCUT2D eigenvalue weighted by atomic mass is 9.88. The third-order valence-electron chi connectivity index (χ3n) is 2.48. The maximum atomic E-state index is 10.5. The summed E-state index contributed by atoms with van der Waals surface area (Å²) in [4.78, 5) is 20.3. The van der Waals surface area contributed by atoms with E-state index in [1.807, 2.05) is 33.8 Å². The molecule has 118 valence electrons. The minimum absolute atomic E-state index is 0.204. The van der Waals surface area contributed by atoms with Crippen LogP contribution < -0.4 is 0 Å². The minimum atomic E-state index is -0.731. The third-order valence-corrected chi connectivity index (χ3v) is 2.48. The lowest BCUT2D eigenvalue weighted by molar-refractivity contribution is -0.139. The van der Waals surface area contributed by atoms with Crippen LogP contribution in [-0.4, -0.2) is 22.2 Å². The van der Waals surface area contributed by atoms with E-state index in [1.165, 1.54) is 12.8 Å². The van der Waals surface area contributed by atoms with Gasteiger partial charge in [-0.2, -0.15) is 0 Å². The molecule has 0 saturated heterocycles. The zero-order valence-electron chi connectivity index (χ0n) is 13.5. The van der Waals surface area contributed by atoms with Gasteiger partial charge in [-0.1, -0.05) is 59.6 Å². The zero-order valence-corrected chi connectivity index (χ0v) is 13.5. The number of unbranched alkanes of at least 4 members (excludes halogenated alkanes) is 2. The molecule has 20 heavy (non-hydrogen) atoms. The highest BCUT2D eigenvalue weighted by Gasteiger charge is 2.17. The van der Waals surface area contributed by atoms with Gasteiger partial charge in [-0.15, -0.1) is 0 Å². The van der Waals surface area contributed by atoms with Gasteiger partial charge in [-0.25, -0.2) is 0 Å². The quantitative estimate of drug-likeness (QED) is 0.514. The Morgan fingerprint density at radius 2 is 1.70 bits per heavy atom. The molecule has 0 amide bonds. The summed E-state index contributed by atoms with van der Waals surface area (Å²) in [5.41, 5.74) is -0.209. The van der Waals surface area contributed by atoms with Gasteiger partial charge < -0.3 is 10.2 Å². The van der Waals surface area contributed by atoms with E-state index >= 15 is 0 Å². The standard InChI is InChI=1S/C11H20O2.C5H10O2/c1-4-5-6-7-8-11(2,3)9-10(12)13;1-4(2)3-5(6)7/h7-8H,4-6,9H2,1-3H3,(H,12,13);4H,3H2,1-2H3,(H,6,7)/b8-7-;. The van der Waals surface area contributed by atoms with Crippen LogP contribution in [-0.2, 0) is 9.59 Å². The second kappa shape index (κ2) is 11.5. The number of carboxylic acids is 2. The number of allylic oxidation sites excluding steroid dienone is 2. The van der Waals surface area contributed by atoms with Crippen LogP contribution in [0.15, 0.2) is 12.2 Å². The molecule has 0 aromatic carbocycles. The Morgan fingerprint density at radius 1 is 1.15 bits per heavy atom. The van der Waals surface area contributed by atoms with Crippen molar-refractivity contribution in [3.8, 4) is 0 Å². The predicted molar refractivity (Wildman–Crippen MR) is 81.8 cm³/mol. The van der Waals surface area contributed by atoms with Crippen molar-refractivity contribution in [1.29, 1.82) is 0 Å². The molecule has 0 heterocycles. The van der Waals surface area contributed by atoms with Gasteiger partial charge in [0, 0.05) is 6.42 Å². The Balaban J connectivity index is 0. The summed E-state index contributed by atoms with van der Waals surface area (Å²) in [7, 11) is 0. The summed E-state index contributed by atoms with van der Waals surface area (Å²) in [6, 6.07) is 0. The molecule has 0 aliphatic rings. The first-order chi connectivity index (χ1) is 9.10. The summed E-state index contributed by atoms with van der Waals surface area (Å²) in [6.45, 7) is 9.81. The first-order valence-electron chi connectivity index (χ1n) is 7.22. The fourth-order valence-corrected chi connectivity index (χ4v) is 1.52. The maximum Gasteiger partial charge on any atom is 0.304 e. The number of hydrogen-bond donors (Lipinski definition) is 2. The molecule has 0 aliphatic carbocycles. The van der Waals surface area contributed by atoms with Gasteiger partial charge in [0.05, 0.1) is 6.42 Å². The summed E-state index contributed by atoms with van der Waals surface area (Å²) in [5.74, 6) is -1.17. The highest BCUT2D eigenvalue weighted by molar-refractivity contribution is 5.68. The van der Waals surface area contributed by atoms with Crippen molar-refractivity contribution in [1.82, 2.24) is 0 Å². The molecular weight excluding hydrogens is 256 g/mol. The smallest absolute Gasteiger partial charge is 0.304 e. The predicted octanol–water partition coefficient (Wildman–Crippen LogP) is 4.35. The number of carboxylic acid groups (broad SMARTS) is 2. The van der Waals surface area contributed by atoms with E-state index in [-0.39, 0.29) is 24.2 Å². The molecule has 0 unspecified atom stereocenters. The number of aliphatic carboxylic acids is 2. The SMILES string of the molecule is CC(C)CC(=O)O.CCCC/C=C\C(C)(C)CC(=O)O. The monoisotopic (exact) mass is 286 g/mol. The molecular formula is C16H30O4. The van der Waals surface area contributed by atoms with Crippen LogP contribution in [0.4, 0.5) is 0 Å². The Kier molecular flexibility index (Phi) is 12.1. The molecule has 0 aliphatic heterocycles. The summed E-state index contributed by atoms with van der Waals surface area (Å²) in [6.07, 6.45) is 8.00. The van der Waals surface area contributed by atoms with Crippen LogP contribution >= 0.6 is 0 Å². The van der Waals surface area contributed by atoms with Gasteiger partial charge in [-0.3, -0.25) is 9.59 Å². The third kappa shape index (κ3) is 19.0. The molecule has 2 N–H and O–H groups in total. The molecule has 0 aromatic heterocycles. The maximum absolute atomic E-state index is 10.5. The lowest BCUT2D eigenvalue weighted by Crippen LogP contribution is -2.13. The van der Waals surface area contributed by atoms with Crippen LogP contribution in [0.2, 0.25) is 0 Å². The Labute approximate surface area is 122 Å². The van der Waals surface area contributed by atoms with E-state index in [1.54, 1.807) is 0 Å². The van der Waals surface area contributed by atoms with E-state index in [0.29, 0.717) is 0 Å². The largest absolute Gasteiger partial charge is 0.481 e. The molecule has 0 bridgehead atoms. The van der Waals surface area contributed by atoms with Crippen LogP contribution in [0.25, 0.3) is 0 Å². The Bertz CT molecular complexity index is 304. The van der Waals surface area contributed by atoms with E-state index < -0.39 is 11.9 Å². The molecule has 0 aromatic rings. The van der Waals surface area contributed by atoms with E-state index in [9.17, 15) is 9.59 Å². The van der Waals surface area contributed by atoms with Crippen molar-refractivity contribution in [2.45, 2.75) is 66.7 Å². The molecule has 4 heteroatoms. The van der Waals surface area contributed by atoms with Crippen LogP contribution in [0, 0.1) is 11.3 Å². The van der Waals surface area contributed by atoms with Crippen LogP contribution in [0.5, 0.6) is 0 Å². The molecule has 0 radical (unpaired) electrons. The average molecular weight is 286 g/mol. The second-order valence-corrected chi connectivity index (χ2v) is 6.10. The van der Waals surface area contributed by atoms with Crippen LogP contribution in [0.3, 0.4) is 0 Å². The number of hydrogen-bond acceptors (Lipinski definition) is 2. The Hall–Kier alpha value is -1.32. The minimum Gasteiger partial charge on any atom is -0.481 e. The molecule has 0 fully saturated rings. The van der Waals surface area contributed by atoms with E-state index in [2.05, 4.69) is 13.0 Å². The lowest BCUT2D eigenvalue weighted by Gasteiger charge is -2.16. The molecule has 0 spiro atoms. The van der Waals surface area contributed by atoms with Gasteiger partial charge >= 0.3 is 11.9 Å². The molecule has 0 saturated carbocycles. The van der Waals surface area contributed by atoms with E-state index in [4.69, 9.17) is 10.2 Å².